The van der Waals surface area contributed by atoms with Gasteiger partial charge in [-0.3, -0.25) is 9.69 Å². The van der Waals surface area contributed by atoms with Gasteiger partial charge in [-0.25, -0.2) is 8.42 Å². The van der Waals surface area contributed by atoms with E-state index in [1.807, 2.05) is 23.1 Å². The van der Waals surface area contributed by atoms with E-state index in [0.717, 1.165) is 18.5 Å². The van der Waals surface area contributed by atoms with Crippen molar-refractivity contribution in [3.8, 4) is 0 Å². The number of rotatable bonds is 5. The molecule has 0 aliphatic carbocycles. The maximum absolute atomic E-state index is 13.5. The van der Waals surface area contributed by atoms with Gasteiger partial charge in [0.05, 0.1) is 17.5 Å². The number of hydrogen-bond donors (Lipinski definition) is 0. The van der Waals surface area contributed by atoms with E-state index in [2.05, 4.69) is 61.4 Å². The zero-order valence-corrected chi connectivity index (χ0v) is 24.1. The summed E-state index contributed by atoms with van der Waals surface area (Å²) in [5.41, 5.74) is 3.56. The molecule has 2 aromatic carbocycles. The molecule has 0 spiro atoms. The first kappa shape index (κ1) is 27.1. The fourth-order valence-corrected chi connectivity index (χ4v) is 7.87. The van der Waals surface area contributed by atoms with Crippen molar-refractivity contribution < 1.29 is 13.2 Å². The highest BCUT2D eigenvalue weighted by Crippen LogP contribution is 2.37. The summed E-state index contributed by atoms with van der Waals surface area (Å²) in [6.45, 7) is 9.21. The van der Waals surface area contributed by atoms with Crippen LogP contribution >= 0.6 is 11.3 Å². The number of hydrogen-bond acceptors (Lipinski definition) is 5. The first-order chi connectivity index (χ1) is 18.1. The third-order valence-corrected chi connectivity index (χ3v) is 10.6. The lowest BCUT2D eigenvalue weighted by molar-refractivity contribution is -0.132. The summed E-state index contributed by atoms with van der Waals surface area (Å²) >= 11 is 1.79. The van der Waals surface area contributed by atoms with Gasteiger partial charge in [-0.2, -0.15) is 4.31 Å². The second kappa shape index (κ2) is 10.9. The topological polar surface area (TPSA) is 60.9 Å². The molecule has 1 unspecified atom stereocenters. The molecule has 0 N–H and O–H groups in total. The van der Waals surface area contributed by atoms with Crippen LogP contribution in [0, 0.1) is 0 Å². The van der Waals surface area contributed by atoms with Crippen molar-refractivity contribution in [2.75, 3.05) is 39.3 Å². The highest BCUT2D eigenvalue weighted by molar-refractivity contribution is 7.89. The molecule has 1 fully saturated rings. The molecular weight excluding hydrogens is 514 g/mol. The Balaban J connectivity index is 1.27. The molecule has 0 bridgehead atoms. The van der Waals surface area contributed by atoms with E-state index in [4.69, 9.17) is 0 Å². The summed E-state index contributed by atoms with van der Waals surface area (Å²) in [5.74, 6) is 0.0680. The molecule has 0 saturated carbocycles. The van der Waals surface area contributed by atoms with Gasteiger partial charge >= 0.3 is 0 Å². The number of amides is 1. The minimum absolute atomic E-state index is 0.0371. The molecule has 1 saturated heterocycles. The quantitative estimate of drug-likeness (QED) is 0.452. The molecule has 3 aromatic rings. The summed E-state index contributed by atoms with van der Waals surface area (Å²) in [7, 11) is -3.61. The van der Waals surface area contributed by atoms with Gasteiger partial charge < -0.3 is 4.90 Å². The van der Waals surface area contributed by atoms with Gasteiger partial charge in [0.2, 0.25) is 15.9 Å². The van der Waals surface area contributed by atoms with Crippen molar-refractivity contribution in [1.82, 2.24) is 14.1 Å². The van der Waals surface area contributed by atoms with Crippen LogP contribution in [0.5, 0.6) is 0 Å². The van der Waals surface area contributed by atoms with Crippen molar-refractivity contribution in [2.45, 2.75) is 50.0 Å². The van der Waals surface area contributed by atoms with E-state index in [0.29, 0.717) is 44.0 Å². The standard InChI is InChI=1S/C30H37N3O3S2/c1-30(2,3)24-10-12-25(13-11-24)38(35,36)33-17-7-16-31(19-20-33)28(34)22-32-18-14-27-26(15-21-37-27)29(32)23-8-5-4-6-9-23/h4-6,8-13,15,21,29H,7,14,16-20,22H2,1-3H3. The second-order valence-electron chi connectivity index (χ2n) is 11.2. The number of thiophene rings is 1. The van der Waals surface area contributed by atoms with E-state index < -0.39 is 10.0 Å². The minimum atomic E-state index is -3.61. The zero-order chi connectivity index (χ0) is 26.9. The van der Waals surface area contributed by atoms with Crippen LogP contribution in [0.15, 0.2) is 70.9 Å². The maximum Gasteiger partial charge on any atom is 0.243 e. The van der Waals surface area contributed by atoms with Crippen molar-refractivity contribution in [3.63, 3.8) is 0 Å². The third kappa shape index (κ3) is 5.59. The Morgan fingerprint density at radius 3 is 2.37 bits per heavy atom. The predicted octanol–water partition coefficient (Wildman–Crippen LogP) is 4.92. The fourth-order valence-electron chi connectivity index (χ4n) is 5.50. The highest BCUT2D eigenvalue weighted by atomic mass is 32.2. The summed E-state index contributed by atoms with van der Waals surface area (Å²) < 4.78 is 28.3. The zero-order valence-electron chi connectivity index (χ0n) is 22.5. The van der Waals surface area contributed by atoms with Gasteiger partial charge in [0, 0.05) is 37.6 Å². The van der Waals surface area contributed by atoms with E-state index in [1.165, 1.54) is 20.3 Å². The molecule has 3 heterocycles. The lowest BCUT2D eigenvalue weighted by atomic mass is 9.87. The molecule has 6 nitrogen and oxygen atoms in total. The van der Waals surface area contributed by atoms with Crippen LogP contribution in [0.3, 0.4) is 0 Å². The van der Waals surface area contributed by atoms with Gasteiger partial charge in [0.15, 0.2) is 0 Å². The summed E-state index contributed by atoms with van der Waals surface area (Å²) in [4.78, 5) is 19.4. The van der Waals surface area contributed by atoms with Gasteiger partial charge in [-0.1, -0.05) is 63.2 Å². The maximum atomic E-state index is 13.5. The first-order valence-corrected chi connectivity index (χ1v) is 15.7. The molecule has 1 atom stereocenters. The highest BCUT2D eigenvalue weighted by Gasteiger charge is 2.33. The van der Waals surface area contributed by atoms with Crippen LogP contribution in [0.1, 0.15) is 54.8 Å². The minimum Gasteiger partial charge on any atom is -0.340 e. The van der Waals surface area contributed by atoms with E-state index in [1.54, 1.807) is 23.5 Å². The number of carbonyl (C=O) groups excluding carboxylic acids is 1. The van der Waals surface area contributed by atoms with Crippen LogP contribution < -0.4 is 0 Å². The number of sulfonamides is 1. The van der Waals surface area contributed by atoms with Crippen LogP contribution in [-0.2, 0) is 26.7 Å². The molecule has 5 rings (SSSR count). The lowest BCUT2D eigenvalue weighted by Crippen LogP contribution is -2.45. The van der Waals surface area contributed by atoms with Crippen LogP contribution in [0.25, 0.3) is 0 Å². The second-order valence-corrected chi connectivity index (χ2v) is 14.2. The number of benzene rings is 2. The van der Waals surface area contributed by atoms with Gasteiger partial charge in [0.1, 0.15) is 0 Å². The number of nitrogens with zero attached hydrogens (tertiary/aromatic N) is 3. The molecule has 0 radical (unpaired) electrons. The van der Waals surface area contributed by atoms with E-state index in [-0.39, 0.29) is 17.4 Å². The van der Waals surface area contributed by atoms with Crippen molar-refractivity contribution in [1.29, 1.82) is 0 Å². The smallest absolute Gasteiger partial charge is 0.243 e. The Kier molecular flexibility index (Phi) is 7.78. The molecule has 1 aromatic heterocycles. The predicted molar refractivity (Wildman–Crippen MR) is 153 cm³/mol. The summed E-state index contributed by atoms with van der Waals surface area (Å²) in [5, 5.41) is 2.15. The average molecular weight is 552 g/mol. The van der Waals surface area contributed by atoms with E-state index >= 15 is 0 Å². The Bertz CT molecular complexity index is 1360. The SMILES string of the molecule is CC(C)(C)c1ccc(S(=O)(=O)N2CCCN(C(=O)CN3CCc4sccc4C3c3ccccc3)CC2)cc1. The molecule has 1 amide bonds. The van der Waals surface area contributed by atoms with E-state index in [9.17, 15) is 13.2 Å². The van der Waals surface area contributed by atoms with Crippen LogP contribution in [-0.4, -0.2) is 67.7 Å². The van der Waals surface area contributed by atoms with Crippen molar-refractivity contribution >= 4 is 27.3 Å². The molecular formula is C30H37N3O3S2. The molecule has 8 heteroatoms. The van der Waals surface area contributed by atoms with Crippen LogP contribution in [0.4, 0.5) is 0 Å². The van der Waals surface area contributed by atoms with Crippen LogP contribution in [0.2, 0.25) is 0 Å². The number of carbonyl (C=O) groups is 1. The largest absolute Gasteiger partial charge is 0.340 e. The molecule has 2 aliphatic rings. The summed E-state index contributed by atoms with van der Waals surface area (Å²) in [6.07, 6.45) is 1.57. The van der Waals surface area contributed by atoms with Gasteiger partial charge in [-0.05, 0) is 58.5 Å². The normalized spacial score (nSPS) is 19.7. The lowest BCUT2D eigenvalue weighted by Gasteiger charge is -2.37. The Labute approximate surface area is 230 Å². The molecule has 38 heavy (non-hydrogen) atoms. The molecule has 202 valence electrons. The Hall–Kier alpha value is -2.52. The number of fused-ring (bicyclic) bond motifs is 1. The van der Waals surface area contributed by atoms with Crippen molar-refractivity contribution in [3.05, 3.63) is 87.6 Å². The third-order valence-electron chi connectivity index (χ3n) is 7.69. The Morgan fingerprint density at radius 1 is 0.921 bits per heavy atom. The van der Waals surface area contributed by atoms with Gasteiger partial charge in [0.25, 0.3) is 0 Å². The monoisotopic (exact) mass is 551 g/mol. The molecule has 2 aliphatic heterocycles. The Morgan fingerprint density at radius 2 is 1.66 bits per heavy atom. The van der Waals surface area contributed by atoms with Gasteiger partial charge in [-0.15, -0.1) is 11.3 Å². The fraction of sp³-hybridized carbons (Fsp3) is 0.433. The first-order valence-electron chi connectivity index (χ1n) is 13.4. The summed E-state index contributed by atoms with van der Waals surface area (Å²) in [6, 6.07) is 19.9. The van der Waals surface area contributed by atoms with Crippen molar-refractivity contribution in [2.24, 2.45) is 0 Å². The average Bonchev–Trinajstić information content (AvgIpc) is 3.23.